The van der Waals surface area contributed by atoms with Crippen molar-refractivity contribution in [1.29, 1.82) is 0 Å². The molecular weight excluding hydrogens is 292 g/mol. The second-order valence-electron chi connectivity index (χ2n) is 7.59. The first-order chi connectivity index (χ1) is 10.1. The molecule has 2 nitrogen and oxygen atoms in total. The highest BCUT2D eigenvalue weighted by Crippen LogP contribution is 2.29. The number of rotatable bonds is 5. The molecule has 0 aliphatic carbocycles. The molecule has 0 radical (unpaired) electrons. The van der Waals surface area contributed by atoms with Gasteiger partial charge in [0.1, 0.15) is 0 Å². The number of hydrogen-bond donors (Lipinski definition) is 1. The summed E-state index contributed by atoms with van der Waals surface area (Å²) in [4.78, 5) is 2.57. The molecule has 3 heteroatoms. The molecule has 3 rings (SSSR count). The first-order valence-electron chi connectivity index (χ1n) is 8.64. The number of halogens is 1. The van der Waals surface area contributed by atoms with Gasteiger partial charge >= 0.3 is 0 Å². The lowest BCUT2D eigenvalue weighted by atomic mass is 9.97. The summed E-state index contributed by atoms with van der Waals surface area (Å²) in [6, 6.07) is 11.6. The molecule has 2 bridgehead atoms. The molecule has 1 aromatic rings. The maximum atomic E-state index is 3.74. The number of benzene rings is 1. The van der Waals surface area contributed by atoms with Crippen LogP contribution in [0.25, 0.3) is 0 Å². The van der Waals surface area contributed by atoms with Gasteiger partial charge in [0, 0.05) is 24.7 Å². The number of fused-ring (bicyclic) bond motifs is 2. The van der Waals surface area contributed by atoms with Crippen LogP contribution >= 0.6 is 12.4 Å². The lowest BCUT2D eigenvalue weighted by molar-refractivity contribution is 0.166. The van der Waals surface area contributed by atoms with Crippen molar-refractivity contribution < 1.29 is 0 Å². The predicted octanol–water partition coefficient (Wildman–Crippen LogP) is 4.02. The summed E-state index contributed by atoms with van der Waals surface area (Å²) < 4.78 is 0. The number of piperidine rings is 1. The summed E-state index contributed by atoms with van der Waals surface area (Å²) in [7, 11) is 2.30. The Labute approximate surface area is 142 Å². The highest BCUT2D eigenvalue weighted by atomic mass is 35.5. The van der Waals surface area contributed by atoms with Crippen LogP contribution in [-0.2, 0) is 13.0 Å². The summed E-state index contributed by atoms with van der Waals surface area (Å²) in [5, 5.41) is 3.74. The van der Waals surface area contributed by atoms with Crippen LogP contribution in [0.4, 0.5) is 0 Å². The molecule has 2 fully saturated rings. The summed E-state index contributed by atoms with van der Waals surface area (Å²) in [6.07, 6.45) is 6.63. The number of hydrogen-bond acceptors (Lipinski definition) is 2. The van der Waals surface area contributed by atoms with Gasteiger partial charge in [-0.05, 0) is 56.2 Å². The molecule has 2 heterocycles. The maximum Gasteiger partial charge on any atom is 0.0233 e. The Hall–Kier alpha value is -0.570. The Kier molecular flexibility index (Phi) is 6.31. The summed E-state index contributed by atoms with van der Waals surface area (Å²) in [5.74, 6) is 0.740. The van der Waals surface area contributed by atoms with Gasteiger partial charge in [0.25, 0.3) is 0 Å². The lowest BCUT2D eigenvalue weighted by Crippen LogP contribution is -2.46. The molecule has 2 saturated heterocycles. The third-order valence-corrected chi connectivity index (χ3v) is 5.17. The monoisotopic (exact) mass is 322 g/mol. The first-order valence-corrected chi connectivity index (χ1v) is 8.64. The van der Waals surface area contributed by atoms with Crippen molar-refractivity contribution in [3.05, 3.63) is 35.4 Å². The molecule has 2 aliphatic heterocycles. The molecule has 2 atom stereocenters. The zero-order valence-electron chi connectivity index (χ0n) is 14.2. The molecule has 2 aliphatic rings. The molecule has 22 heavy (non-hydrogen) atoms. The van der Waals surface area contributed by atoms with Gasteiger partial charge in [0.05, 0.1) is 0 Å². The molecule has 1 N–H and O–H groups in total. The van der Waals surface area contributed by atoms with E-state index in [4.69, 9.17) is 0 Å². The summed E-state index contributed by atoms with van der Waals surface area (Å²) >= 11 is 0. The zero-order chi connectivity index (χ0) is 14.8. The normalized spacial score (nSPS) is 27.2. The predicted molar refractivity (Wildman–Crippen MR) is 96.7 cm³/mol. The standard InChI is InChI=1S/C19H30N2.ClH/c1-14(2)10-15-4-6-16(7-5-15)13-21(3)19-11-17-8-9-18(12-19)20-17;/h4-7,14,17-20H,8-13H2,1-3H3;1H. The largest absolute Gasteiger partial charge is 0.311 e. The molecule has 0 spiro atoms. The summed E-state index contributed by atoms with van der Waals surface area (Å²) in [5.41, 5.74) is 2.92. The van der Waals surface area contributed by atoms with Gasteiger partial charge in [-0.25, -0.2) is 0 Å². The number of nitrogens with one attached hydrogen (secondary N) is 1. The van der Waals surface area contributed by atoms with Crippen LogP contribution < -0.4 is 5.32 Å². The number of nitrogens with zero attached hydrogens (tertiary/aromatic N) is 1. The third kappa shape index (κ3) is 4.47. The van der Waals surface area contributed by atoms with Crippen LogP contribution in [0, 0.1) is 5.92 Å². The molecular formula is C19H31ClN2. The Morgan fingerprint density at radius 3 is 2.14 bits per heavy atom. The van der Waals surface area contributed by atoms with Crippen molar-refractivity contribution in [3.63, 3.8) is 0 Å². The Morgan fingerprint density at radius 1 is 1.05 bits per heavy atom. The van der Waals surface area contributed by atoms with Crippen molar-refractivity contribution in [3.8, 4) is 0 Å². The Balaban J connectivity index is 0.00000176. The van der Waals surface area contributed by atoms with E-state index in [9.17, 15) is 0 Å². The minimum atomic E-state index is 0. The van der Waals surface area contributed by atoms with E-state index in [-0.39, 0.29) is 12.4 Å². The van der Waals surface area contributed by atoms with Crippen LogP contribution in [0.15, 0.2) is 24.3 Å². The van der Waals surface area contributed by atoms with Gasteiger partial charge < -0.3 is 5.32 Å². The van der Waals surface area contributed by atoms with E-state index in [0.29, 0.717) is 0 Å². The lowest BCUT2D eigenvalue weighted by Gasteiger charge is -2.35. The second kappa shape index (κ2) is 7.81. The quantitative estimate of drug-likeness (QED) is 0.880. The molecule has 0 aromatic heterocycles. The van der Waals surface area contributed by atoms with Crippen LogP contribution in [-0.4, -0.2) is 30.1 Å². The Bertz CT molecular complexity index is 445. The van der Waals surface area contributed by atoms with Crippen LogP contribution in [0.5, 0.6) is 0 Å². The average molecular weight is 323 g/mol. The molecule has 0 saturated carbocycles. The molecule has 0 amide bonds. The van der Waals surface area contributed by atoms with Gasteiger partial charge in [-0.15, -0.1) is 12.4 Å². The second-order valence-corrected chi connectivity index (χ2v) is 7.59. The minimum absolute atomic E-state index is 0. The zero-order valence-corrected chi connectivity index (χ0v) is 15.0. The van der Waals surface area contributed by atoms with Crippen LogP contribution in [0.3, 0.4) is 0 Å². The van der Waals surface area contributed by atoms with E-state index in [2.05, 4.69) is 55.4 Å². The SMILES string of the molecule is CC(C)Cc1ccc(CN(C)C2CC3CCC(C2)N3)cc1.Cl. The van der Waals surface area contributed by atoms with E-state index in [1.165, 1.54) is 43.2 Å². The molecule has 124 valence electrons. The topological polar surface area (TPSA) is 15.3 Å². The van der Waals surface area contributed by atoms with Crippen molar-refractivity contribution >= 4 is 12.4 Å². The Morgan fingerprint density at radius 2 is 1.59 bits per heavy atom. The van der Waals surface area contributed by atoms with E-state index >= 15 is 0 Å². The van der Waals surface area contributed by atoms with Gasteiger partial charge in [-0.1, -0.05) is 38.1 Å². The van der Waals surface area contributed by atoms with E-state index in [0.717, 1.165) is 30.6 Å². The highest BCUT2D eigenvalue weighted by Gasteiger charge is 2.34. The van der Waals surface area contributed by atoms with Gasteiger partial charge in [0.15, 0.2) is 0 Å². The van der Waals surface area contributed by atoms with Gasteiger partial charge in [-0.3, -0.25) is 4.90 Å². The molecule has 2 unspecified atom stereocenters. The maximum absolute atomic E-state index is 3.74. The fourth-order valence-corrected chi connectivity index (χ4v) is 4.06. The van der Waals surface area contributed by atoms with Crippen molar-refractivity contribution in [2.75, 3.05) is 7.05 Å². The van der Waals surface area contributed by atoms with Crippen molar-refractivity contribution in [2.45, 2.75) is 70.6 Å². The third-order valence-electron chi connectivity index (χ3n) is 5.17. The fourth-order valence-electron chi connectivity index (χ4n) is 4.06. The van der Waals surface area contributed by atoms with E-state index in [1.807, 2.05) is 0 Å². The van der Waals surface area contributed by atoms with Crippen molar-refractivity contribution in [1.82, 2.24) is 10.2 Å². The van der Waals surface area contributed by atoms with Gasteiger partial charge in [0.2, 0.25) is 0 Å². The first kappa shape index (κ1) is 17.8. The van der Waals surface area contributed by atoms with Crippen LogP contribution in [0.2, 0.25) is 0 Å². The average Bonchev–Trinajstić information content (AvgIpc) is 2.79. The fraction of sp³-hybridized carbons (Fsp3) is 0.684. The smallest absolute Gasteiger partial charge is 0.0233 e. The minimum Gasteiger partial charge on any atom is -0.311 e. The van der Waals surface area contributed by atoms with Crippen LogP contribution in [0.1, 0.15) is 50.7 Å². The molecule has 1 aromatic carbocycles. The highest BCUT2D eigenvalue weighted by molar-refractivity contribution is 5.85. The van der Waals surface area contributed by atoms with E-state index < -0.39 is 0 Å². The summed E-state index contributed by atoms with van der Waals surface area (Å²) in [6.45, 7) is 5.66. The van der Waals surface area contributed by atoms with E-state index in [1.54, 1.807) is 0 Å². The van der Waals surface area contributed by atoms with Crippen molar-refractivity contribution in [2.24, 2.45) is 5.92 Å². The van der Waals surface area contributed by atoms with Gasteiger partial charge in [-0.2, -0.15) is 0 Å².